The quantitative estimate of drug-likeness (QED) is 0.493. The minimum Gasteiger partial charge on any atom is -0.459 e. The Hall–Kier alpha value is -2.71. The number of esters is 1. The third-order valence-corrected chi connectivity index (χ3v) is 4.95. The summed E-state index contributed by atoms with van der Waals surface area (Å²) in [6.45, 7) is 2.08. The monoisotopic (exact) mass is 384 g/mol. The number of ether oxygens (including phenoxy) is 3. The Kier molecular flexibility index (Phi) is 5.40. The SMILES string of the molecule is COCCCn1c(N)c(C(=O)OC[C@H]2CCCO2)c2nc3ccccc3nc21. The highest BCUT2D eigenvalue weighted by Gasteiger charge is 2.26. The number of nitrogens with zero attached hydrogens (tertiary/aromatic N) is 3. The molecule has 0 radical (unpaired) electrons. The number of carbonyl (C=O) groups is 1. The normalized spacial score (nSPS) is 16.8. The fourth-order valence-corrected chi connectivity index (χ4v) is 3.53. The molecule has 8 nitrogen and oxygen atoms in total. The number of aromatic nitrogens is 3. The Morgan fingerprint density at radius 1 is 1.32 bits per heavy atom. The largest absolute Gasteiger partial charge is 0.459 e. The first kappa shape index (κ1) is 18.6. The second-order valence-electron chi connectivity index (χ2n) is 6.88. The zero-order valence-electron chi connectivity index (χ0n) is 15.9. The van der Waals surface area contributed by atoms with E-state index >= 15 is 0 Å². The van der Waals surface area contributed by atoms with Crippen LogP contribution in [0.2, 0.25) is 0 Å². The maximum Gasteiger partial charge on any atom is 0.344 e. The van der Waals surface area contributed by atoms with Crippen molar-refractivity contribution in [1.82, 2.24) is 14.5 Å². The minimum atomic E-state index is -0.493. The van der Waals surface area contributed by atoms with Crippen molar-refractivity contribution in [2.45, 2.75) is 31.9 Å². The van der Waals surface area contributed by atoms with Gasteiger partial charge in [0.2, 0.25) is 0 Å². The van der Waals surface area contributed by atoms with Gasteiger partial charge in [0, 0.05) is 26.9 Å². The third kappa shape index (κ3) is 3.53. The predicted molar refractivity (Wildman–Crippen MR) is 105 cm³/mol. The first-order valence-corrected chi connectivity index (χ1v) is 9.51. The molecule has 4 rings (SSSR count). The molecule has 3 heterocycles. The van der Waals surface area contributed by atoms with Gasteiger partial charge in [-0.25, -0.2) is 14.8 Å². The van der Waals surface area contributed by atoms with E-state index < -0.39 is 5.97 Å². The van der Waals surface area contributed by atoms with Crippen LogP contribution < -0.4 is 5.73 Å². The molecule has 0 aliphatic carbocycles. The van der Waals surface area contributed by atoms with Gasteiger partial charge < -0.3 is 24.5 Å². The van der Waals surface area contributed by atoms with E-state index in [-0.39, 0.29) is 18.3 Å². The van der Waals surface area contributed by atoms with E-state index in [2.05, 4.69) is 4.98 Å². The van der Waals surface area contributed by atoms with Crippen LogP contribution in [0.3, 0.4) is 0 Å². The van der Waals surface area contributed by atoms with Crippen LogP contribution >= 0.6 is 0 Å². The van der Waals surface area contributed by atoms with Crippen molar-refractivity contribution in [2.24, 2.45) is 0 Å². The Balaban J connectivity index is 1.73. The lowest BCUT2D eigenvalue weighted by Gasteiger charge is -2.10. The van der Waals surface area contributed by atoms with Gasteiger partial charge in [0.15, 0.2) is 5.65 Å². The van der Waals surface area contributed by atoms with Crippen LogP contribution in [0.4, 0.5) is 5.82 Å². The van der Waals surface area contributed by atoms with Crippen molar-refractivity contribution >= 4 is 34.0 Å². The highest BCUT2D eigenvalue weighted by molar-refractivity contribution is 6.08. The number of fused-ring (bicyclic) bond motifs is 2. The van der Waals surface area contributed by atoms with E-state index in [1.165, 1.54) is 0 Å². The van der Waals surface area contributed by atoms with Crippen molar-refractivity contribution < 1.29 is 19.0 Å². The first-order chi connectivity index (χ1) is 13.7. The molecule has 28 heavy (non-hydrogen) atoms. The fourth-order valence-electron chi connectivity index (χ4n) is 3.53. The molecule has 148 valence electrons. The van der Waals surface area contributed by atoms with Gasteiger partial charge in [-0.1, -0.05) is 12.1 Å². The number of nitrogens with two attached hydrogens (primary N) is 1. The molecule has 2 aromatic heterocycles. The number of hydrogen-bond donors (Lipinski definition) is 1. The predicted octanol–water partition coefficient (Wildman–Crippen LogP) is 2.54. The van der Waals surface area contributed by atoms with E-state index in [1.54, 1.807) is 7.11 Å². The molecule has 1 saturated heterocycles. The van der Waals surface area contributed by atoms with Gasteiger partial charge in [-0.2, -0.15) is 0 Å². The highest BCUT2D eigenvalue weighted by atomic mass is 16.6. The smallest absolute Gasteiger partial charge is 0.344 e. The van der Waals surface area contributed by atoms with Gasteiger partial charge in [0.05, 0.1) is 17.1 Å². The third-order valence-electron chi connectivity index (χ3n) is 4.95. The lowest BCUT2D eigenvalue weighted by Crippen LogP contribution is -2.18. The molecule has 3 aromatic rings. The van der Waals surface area contributed by atoms with Crippen molar-refractivity contribution in [3.8, 4) is 0 Å². The molecule has 1 fully saturated rings. The standard InChI is InChI=1S/C20H24N4O4/c1-26-10-5-9-24-18(21)16(20(25)28-12-13-6-4-11-27-13)17-19(24)23-15-8-3-2-7-14(15)22-17/h2-3,7-8,13H,4-6,9-12,21H2,1H3/t13-/m1/s1. The topological polar surface area (TPSA) is 101 Å². The number of hydrogen-bond acceptors (Lipinski definition) is 7. The number of benzene rings is 1. The average molecular weight is 384 g/mol. The van der Waals surface area contributed by atoms with Crippen molar-refractivity contribution in [2.75, 3.05) is 32.7 Å². The van der Waals surface area contributed by atoms with Gasteiger partial charge in [0.1, 0.15) is 23.5 Å². The Labute approximate surface area is 162 Å². The fraction of sp³-hybridized carbons (Fsp3) is 0.450. The number of anilines is 1. The summed E-state index contributed by atoms with van der Waals surface area (Å²) in [5, 5.41) is 0. The molecule has 0 spiro atoms. The van der Waals surface area contributed by atoms with Gasteiger partial charge in [-0.05, 0) is 31.4 Å². The summed E-state index contributed by atoms with van der Waals surface area (Å²) in [4.78, 5) is 22.2. The maximum absolute atomic E-state index is 12.9. The number of aryl methyl sites for hydroxylation is 1. The summed E-state index contributed by atoms with van der Waals surface area (Å²) in [5.41, 5.74) is 9.12. The second-order valence-corrected chi connectivity index (χ2v) is 6.88. The Morgan fingerprint density at radius 2 is 2.11 bits per heavy atom. The van der Waals surface area contributed by atoms with Gasteiger partial charge in [0.25, 0.3) is 0 Å². The van der Waals surface area contributed by atoms with Gasteiger partial charge in [-0.15, -0.1) is 0 Å². The molecule has 0 unspecified atom stereocenters. The molecule has 8 heteroatoms. The van der Waals surface area contributed by atoms with Crippen molar-refractivity contribution in [3.05, 3.63) is 29.8 Å². The number of nitrogen functional groups attached to an aromatic ring is 1. The Morgan fingerprint density at radius 3 is 2.82 bits per heavy atom. The minimum absolute atomic E-state index is 0.0489. The summed E-state index contributed by atoms with van der Waals surface area (Å²) in [6, 6.07) is 7.54. The Bertz CT molecular complexity index is 995. The maximum atomic E-state index is 12.9. The lowest BCUT2D eigenvalue weighted by molar-refractivity contribution is 0.0163. The molecule has 0 amide bonds. The molecular formula is C20H24N4O4. The van der Waals surface area contributed by atoms with Crippen LogP contribution in [0, 0.1) is 0 Å². The summed E-state index contributed by atoms with van der Waals surface area (Å²) in [6.07, 6.45) is 2.57. The van der Waals surface area contributed by atoms with Crippen LogP contribution in [0.5, 0.6) is 0 Å². The number of rotatable bonds is 7. The van der Waals surface area contributed by atoms with Gasteiger partial charge in [-0.3, -0.25) is 0 Å². The van der Waals surface area contributed by atoms with Crippen LogP contribution in [0.1, 0.15) is 29.6 Å². The van der Waals surface area contributed by atoms with Crippen molar-refractivity contribution in [1.29, 1.82) is 0 Å². The average Bonchev–Trinajstić information content (AvgIpc) is 3.31. The molecule has 1 aromatic carbocycles. The van der Waals surface area contributed by atoms with Crippen LogP contribution in [-0.4, -0.2) is 53.5 Å². The van der Waals surface area contributed by atoms with E-state index in [0.29, 0.717) is 42.3 Å². The molecule has 1 aliphatic heterocycles. The van der Waals surface area contributed by atoms with Crippen LogP contribution in [0.25, 0.3) is 22.2 Å². The lowest BCUT2D eigenvalue weighted by atomic mass is 10.2. The van der Waals surface area contributed by atoms with E-state index in [0.717, 1.165) is 24.8 Å². The molecule has 0 bridgehead atoms. The zero-order valence-corrected chi connectivity index (χ0v) is 15.9. The number of methoxy groups -OCH3 is 1. The van der Waals surface area contributed by atoms with Gasteiger partial charge >= 0.3 is 5.97 Å². The van der Waals surface area contributed by atoms with E-state index in [9.17, 15) is 4.79 Å². The molecule has 1 atom stereocenters. The molecule has 1 aliphatic rings. The van der Waals surface area contributed by atoms with E-state index in [4.69, 9.17) is 24.9 Å². The zero-order chi connectivity index (χ0) is 19.5. The first-order valence-electron chi connectivity index (χ1n) is 9.51. The van der Waals surface area contributed by atoms with E-state index in [1.807, 2.05) is 28.8 Å². The van der Waals surface area contributed by atoms with Crippen molar-refractivity contribution in [3.63, 3.8) is 0 Å². The number of para-hydroxylation sites is 2. The second kappa shape index (κ2) is 8.12. The highest BCUT2D eigenvalue weighted by Crippen LogP contribution is 2.29. The van der Waals surface area contributed by atoms with Crippen LogP contribution in [0.15, 0.2) is 24.3 Å². The summed E-state index contributed by atoms with van der Waals surface area (Å²) in [7, 11) is 1.65. The molecule has 0 saturated carbocycles. The van der Waals surface area contributed by atoms with Crippen LogP contribution in [-0.2, 0) is 20.8 Å². The summed E-state index contributed by atoms with van der Waals surface area (Å²) in [5.74, 6) is -0.174. The summed E-state index contributed by atoms with van der Waals surface area (Å²) >= 11 is 0. The molecular weight excluding hydrogens is 360 g/mol. The molecule has 2 N–H and O–H groups in total. The summed E-state index contributed by atoms with van der Waals surface area (Å²) < 4.78 is 18.0. The number of carbonyl (C=O) groups excluding carboxylic acids is 1.